The number of imide groups is 1. The van der Waals surface area contributed by atoms with E-state index in [0.29, 0.717) is 28.3 Å². The van der Waals surface area contributed by atoms with Crippen LogP contribution in [0.15, 0.2) is 52.4 Å². The molecule has 0 unspecified atom stereocenters. The summed E-state index contributed by atoms with van der Waals surface area (Å²) >= 11 is 1.12. The van der Waals surface area contributed by atoms with Crippen LogP contribution in [0.1, 0.15) is 18.1 Å². The summed E-state index contributed by atoms with van der Waals surface area (Å²) in [5, 5.41) is 5.96. The Balaban J connectivity index is 1.66. The number of fused-ring (bicyclic) bond motifs is 1. The van der Waals surface area contributed by atoms with E-state index < -0.39 is 11.9 Å². The van der Waals surface area contributed by atoms with Gasteiger partial charge in [0.25, 0.3) is 5.56 Å². The fourth-order valence-electron chi connectivity index (χ4n) is 2.94. The van der Waals surface area contributed by atoms with Crippen molar-refractivity contribution >= 4 is 40.3 Å². The largest absolute Gasteiger partial charge is 0.325 e. The van der Waals surface area contributed by atoms with Gasteiger partial charge in [-0.3, -0.25) is 19.5 Å². The third-order valence-corrected chi connectivity index (χ3v) is 5.33. The summed E-state index contributed by atoms with van der Waals surface area (Å²) in [7, 11) is 0. The molecule has 0 fully saturated rings. The Bertz CT molecular complexity index is 1140. The molecule has 0 aliphatic carbocycles. The maximum atomic E-state index is 12.6. The Morgan fingerprint density at radius 3 is 2.62 bits per heavy atom. The number of hydrogen-bond acceptors (Lipinski definition) is 5. The number of thioether (sulfide) groups is 1. The van der Waals surface area contributed by atoms with E-state index in [1.807, 2.05) is 39.0 Å². The molecule has 0 bridgehead atoms. The fraction of sp³-hybridized carbons (Fsp3) is 0.238. The molecule has 0 radical (unpaired) electrons. The molecule has 0 saturated heterocycles. The maximum absolute atomic E-state index is 12.6. The first-order valence-electron chi connectivity index (χ1n) is 9.19. The number of aryl methyl sites for hydroxylation is 2. The van der Waals surface area contributed by atoms with Crippen LogP contribution in [-0.2, 0) is 11.3 Å². The van der Waals surface area contributed by atoms with E-state index >= 15 is 0 Å². The number of nitrogens with zero attached hydrogens (tertiary/aromatic N) is 2. The van der Waals surface area contributed by atoms with E-state index in [9.17, 15) is 14.4 Å². The predicted molar refractivity (Wildman–Crippen MR) is 115 cm³/mol. The molecular formula is C21H22N4O3S. The summed E-state index contributed by atoms with van der Waals surface area (Å²) < 4.78 is 1.52. The van der Waals surface area contributed by atoms with Gasteiger partial charge >= 0.3 is 6.03 Å². The van der Waals surface area contributed by atoms with Crippen LogP contribution in [0.5, 0.6) is 0 Å². The predicted octanol–water partition coefficient (Wildman–Crippen LogP) is 3.47. The van der Waals surface area contributed by atoms with Gasteiger partial charge in [0.05, 0.1) is 16.7 Å². The first-order valence-corrected chi connectivity index (χ1v) is 10.2. The van der Waals surface area contributed by atoms with Crippen molar-refractivity contribution in [1.82, 2.24) is 14.9 Å². The van der Waals surface area contributed by atoms with Crippen molar-refractivity contribution in [3.05, 3.63) is 63.9 Å². The standard InChI is InChI=1S/C21H22N4O3S/c1-4-25-19(27)15-7-5-6-8-17(15)23-21(25)29-12-18(26)24-20(28)22-16-10-9-13(2)11-14(16)3/h5-11H,4,12H2,1-3H3,(H2,22,24,26,28). The number of carbonyl (C=O) groups is 2. The minimum atomic E-state index is -0.595. The SMILES string of the molecule is CCn1c(SCC(=O)NC(=O)Nc2ccc(C)cc2C)nc2ccccc2c1=O. The van der Waals surface area contributed by atoms with Crippen molar-refractivity contribution in [2.24, 2.45) is 0 Å². The second-order valence-corrected chi connectivity index (χ2v) is 7.51. The molecule has 8 heteroatoms. The van der Waals surface area contributed by atoms with Crippen molar-refractivity contribution in [2.75, 3.05) is 11.1 Å². The number of hydrogen-bond donors (Lipinski definition) is 2. The van der Waals surface area contributed by atoms with Crippen molar-refractivity contribution in [2.45, 2.75) is 32.5 Å². The van der Waals surface area contributed by atoms with Gasteiger partial charge in [0.15, 0.2) is 5.16 Å². The monoisotopic (exact) mass is 410 g/mol. The molecule has 1 aromatic heterocycles. The molecule has 0 saturated carbocycles. The number of aromatic nitrogens is 2. The molecule has 0 aliphatic rings. The molecule has 2 aromatic carbocycles. The summed E-state index contributed by atoms with van der Waals surface area (Å²) in [5.41, 5.74) is 3.08. The average molecular weight is 410 g/mol. The quantitative estimate of drug-likeness (QED) is 0.496. The normalized spacial score (nSPS) is 10.7. The molecule has 0 spiro atoms. The lowest BCUT2D eigenvalue weighted by Crippen LogP contribution is -2.35. The van der Waals surface area contributed by atoms with Crippen LogP contribution in [0, 0.1) is 13.8 Å². The molecule has 29 heavy (non-hydrogen) atoms. The third kappa shape index (κ3) is 4.83. The van der Waals surface area contributed by atoms with Gasteiger partial charge < -0.3 is 5.32 Å². The number of rotatable bonds is 5. The smallest absolute Gasteiger partial charge is 0.307 e. The molecule has 7 nitrogen and oxygen atoms in total. The zero-order valence-corrected chi connectivity index (χ0v) is 17.3. The molecule has 3 amide bonds. The van der Waals surface area contributed by atoms with Gasteiger partial charge in [-0.1, -0.05) is 41.6 Å². The summed E-state index contributed by atoms with van der Waals surface area (Å²) in [6.45, 7) is 6.14. The van der Waals surface area contributed by atoms with Gasteiger partial charge in [-0.15, -0.1) is 0 Å². The second kappa shape index (κ2) is 8.91. The number of benzene rings is 2. The Hall–Kier alpha value is -3.13. The maximum Gasteiger partial charge on any atom is 0.325 e. The Morgan fingerprint density at radius 1 is 1.14 bits per heavy atom. The van der Waals surface area contributed by atoms with E-state index in [0.717, 1.165) is 22.9 Å². The van der Waals surface area contributed by atoms with Crippen LogP contribution in [0.25, 0.3) is 10.9 Å². The second-order valence-electron chi connectivity index (χ2n) is 6.57. The van der Waals surface area contributed by atoms with E-state index in [1.165, 1.54) is 4.57 Å². The van der Waals surface area contributed by atoms with Crippen LogP contribution in [-0.4, -0.2) is 27.2 Å². The van der Waals surface area contributed by atoms with Crippen molar-refractivity contribution in [3.63, 3.8) is 0 Å². The van der Waals surface area contributed by atoms with Gasteiger partial charge in [0.1, 0.15) is 0 Å². The van der Waals surface area contributed by atoms with E-state index in [4.69, 9.17) is 0 Å². The van der Waals surface area contributed by atoms with E-state index in [1.54, 1.807) is 24.3 Å². The zero-order chi connectivity index (χ0) is 21.0. The van der Waals surface area contributed by atoms with Crippen LogP contribution in [0.2, 0.25) is 0 Å². The molecule has 0 aliphatic heterocycles. The number of para-hydroxylation sites is 1. The molecule has 1 heterocycles. The molecule has 150 valence electrons. The zero-order valence-electron chi connectivity index (χ0n) is 16.5. The lowest BCUT2D eigenvalue weighted by Gasteiger charge is -2.12. The van der Waals surface area contributed by atoms with Crippen molar-refractivity contribution in [3.8, 4) is 0 Å². The Kier molecular flexibility index (Phi) is 6.33. The highest BCUT2D eigenvalue weighted by atomic mass is 32.2. The fourth-order valence-corrected chi connectivity index (χ4v) is 3.80. The molecular weight excluding hydrogens is 388 g/mol. The lowest BCUT2D eigenvalue weighted by molar-refractivity contribution is -0.117. The number of amides is 3. The number of carbonyl (C=O) groups excluding carboxylic acids is 2. The first-order chi connectivity index (χ1) is 13.9. The Morgan fingerprint density at radius 2 is 1.90 bits per heavy atom. The Labute approximate surface area is 172 Å². The molecule has 3 rings (SSSR count). The average Bonchev–Trinajstić information content (AvgIpc) is 2.68. The van der Waals surface area contributed by atoms with Crippen molar-refractivity contribution < 1.29 is 9.59 Å². The summed E-state index contributed by atoms with van der Waals surface area (Å²) in [6, 6.07) is 12.1. The molecule has 0 atom stereocenters. The van der Waals surface area contributed by atoms with Gasteiger partial charge in [0, 0.05) is 12.2 Å². The summed E-state index contributed by atoms with van der Waals surface area (Å²) in [4.78, 5) is 41.4. The van der Waals surface area contributed by atoms with Gasteiger partial charge in [0.2, 0.25) is 5.91 Å². The summed E-state index contributed by atoms with van der Waals surface area (Å²) in [6.07, 6.45) is 0. The van der Waals surface area contributed by atoms with Gasteiger partial charge in [-0.25, -0.2) is 9.78 Å². The first kappa shape index (κ1) is 20.6. The minimum Gasteiger partial charge on any atom is -0.307 e. The minimum absolute atomic E-state index is 0.0366. The lowest BCUT2D eigenvalue weighted by atomic mass is 10.1. The molecule has 2 N–H and O–H groups in total. The highest BCUT2D eigenvalue weighted by molar-refractivity contribution is 7.99. The highest BCUT2D eigenvalue weighted by Crippen LogP contribution is 2.18. The van der Waals surface area contributed by atoms with Crippen LogP contribution in [0.4, 0.5) is 10.5 Å². The summed E-state index contributed by atoms with van der Waals surface area (Å²) in [5.74, 6) is -0.507. The number of nitrogens with one attached hydrogen (secondary N) is 2. The number of urea groups is 1. The van der Waals surface area contributed by atoms with E-state index in [-0.39, 0.29) is 11.3 Å². The van der Waals surface area contributed by atoms with Crippen LogP contribution >= 0.6 is 11.8 Å². The van der Waals surface area contributed by atoms with Crippen molar-refractivity contribution in [1.29, 1.82) is 0 Å². The van der Waals surface area contributed by atoms with Crippen LogP contribution < -0.4 is 16.2 Å². The van der Waals surface area contributed by atoms with Gasteiger partial charge in [-0.05, 0) is 44.5 Å². The topological polar surface area (TPSA) is 93.1 Å². The van der Waals surface area contributed by atoms with Gasteiger partial charge in [-0.2, -0.15) is 0 Å². The number of anilines is 1. The highest BCUT2D eigenvalue weighted by Gasteiger charge is 2.14. The third-order valence-electron chi connectivity index (χ3n) is 4.36. The molecule has 3 aromatic rings. The van der Waals surface area contributed by atoms with E-state index in [2.05, 4.69) is 15.6 Å². The van der Waals surface area contributed by atoms with Crippen LogP contribution in [0.3, 0.4) is 0 Å².